The van der Waals surface area contributed by atoms with Gasteiger partial charge in [-0.15, -0.1) is 0 Å². The molecule has 1 aliphatic heterocycles. The first-order chi connectivity index (χ1) is 12.3. The number of rotatable bonds is 6. The summed E-state index contributed by atoms with van der Waals surface area (Å²) >= 11 is 0. The lowest BCUT2D eigenvalue weighted by atomic mass is 10.4. The molecule has 0 bridgehead atoms. The third kappa shape index (κ3) is 3.78. The highest BCUT2D eigenvalue weighted by Gasteiger charge is 2.23. The van der Waals surface area contributed by atoms with Gasteiger partial charge in [0.2, 0.25) is 21.9 Å². The van der Waals surface area contributed by atoms with Crippen molar-refractivity contribution in [3.05, 3.63) is 17.2 Å². The second-order valence-electron chi connectivity index (χ2n) is 6.53. The zero-order chi connectivity index (χ0) is 18.9. The van der Waals surface area contributed by atoms with Crippen LogP contribution in [-0.2, 0) is 16.6 Å². The Hall–Kier alpha value is -2.27. The number of hydrogen-bond donors (Lipinski definition) is 2. The zero-order valence-corrected chi connectivity index (χ0v) is 16.3. The number of aromatic amines is 1. The first kappa shape index (κ1) is 18.5. The lowest BCUT2D eigenvalue weighted by Gasteiger charge is -2.19. The van der Waals surface area contributed by atoms with Crippen molar-refractivity contribution in [3.8, 4) is 0 Å². The minimum absolute atomic E-state index is 0.0173. The molecular formula is C15H24N8O2S. The van der Waals surface area contributed by atoms with Crippen LogP contribution >= 0.6 is 0 Å². The molecule has 26 heavy (non-hydrogen) atoms. The van der Waals surface area contributed by atoms with Crippen LogP contribution in [0.5, 0.6) is 0 Å². The van der Waals surface area contributed by atoms with Gasteiger partial charge in [-0.05, 0) is 26.7 Å². The molecule has 11 heteroatoms. The number of sulfonamides is 1. The van der Waals surface area contributed by atoms with Crippen molar-refractivity contribution >= 4 is 21.9 Å². The van der Waals surface area contributed by atoms with Crippen LogP contribution < -0.4 is 14.5 Å². The van der Waals surface area contributed by atoms with Crippen molar-refractivity contribution in [1.82, 2.24) is 29.9 Å². The third-order valence-corrected chi connectivity index (χ3v) is 5.86. The second kappa shape index (κ2) is 7.16. The van der Waals surface area contributed by atoms with Gasteiger partial charge in [-0.1, -0.05) is 0 Å². The summed E-state index contributed by atoms with van der Waals surface area (Å²) in [6.07, 6.45) is 2.20. The normalized spacial score (nSPS) is 14.8. The minimum Gasteiger partial charge on any atom is -0.347 e. The highest BCUT2D eigenvalue weighted by Crippen LogP contribution is 2.19. The molecule has 0 aliphatic carbocycles. The predicted octanol–water partition coefficient (Wildman–Crippen LogP) is 0.356. The molecule has 142 valence electrons. The summed E-state index contributed by atoms with van der Waals surface area (Å²) in [5.74, 6) is 1.48. The van der Waals surface area contributed by atoms with Gasteiger partial charge in [0.1, 0.15) is 4.90 Å². The SMILES string of the molecule is Cc1n[nH]c(C)c1S(=O)(=O)NCc1nc(N(C)C)nc(N2CCCC2)n1. The molecule has 0 radical (unpaired) electrons. The van der Waals surface area contributed by atoms with Gasteiger partial charge in [-0.2, -0.15) is 20.1 Å². The topological polar surface area (TPSA) is 120 Å². The van der Waals surface area contributed by atoms with Gasteiger partial charge < -0.3 is 9.80 Å². The molecule has 0 saturated carbocycles. The van der Waals surface area contributed by atoms with E-state index in [4.69, 9.17) is 0 Å². The lowest BCUT2D eigenvalue weighted by Crippen LogP contribution is -2.28. The van der Waals surface area contributed by atoms with Gasteiger partial charge in [0.05, 0.1) is 17.9 Å². The summed E-state index contributed by atoms with van der Waals surface area (Å²) < 4.78 is 27.8. The molecule has 0 aromatic carbocycles. The average molecular weight is 380 g/mol. The molecule has 3 heterocycles. The van der Waals surface area contributed by atoms with Crippen LogP contribution in [0.3, 0.4) is 0 Å². The van der Waals surface area contributed by atoms with E-state index >= 15 is 0 Å². The number of aromatic nitrogens is 5. The zero-order valence-electron chi connectivity index (χ0n) is 15.4. The molecule has 2 aromatic rings. The van der Waals surface area contributed by atoms with Gasteiger partial charge in [-0.3, -0.25) is 5.10 Å². The Bertz CT molecular complexity index is 868. The number of nitrogens with zero attached hydrogens (tertiary/aromatic N) is 6. The Morgan fingerprint density at radius 1 is 1.15 bits per heavy atom. The Labute approximate surface area is 153 Å². The summed E-state index contributed by atoms with van der Waals surface area (Å²) in [4.78, 5) is 17.3. The Balaban J connectivity index is 1.85. The maximum atomic E-state index is 12.6. The molecule has 2 N–H and O–H groups in total. The van der Waals surface area contributed by atoms with Crippen molar-refractivity contribution in [2.24, 2.45) is 0 Å². The van der Waals surface area contributed by atoms with Gasteiger partial charge in [0.15, 0.2) is 5.82 Å². The summed E-state index contributed by atoms with van der Waals surface area (Å²) in [6.45, 7) is 5.10. The van der Waals surface area contributed by atoms with Gasteiger partial charge in [0, 0.05) is 27.2 Å². The number of anilines is 2. The maximum Gasteiger partial charge on any atom is 0.244 e. The molecule has 10 nitrogen and oxygen atoms in total. The average Bonchev–Trinajstić information content (AvgIpc) is 3.23. The maximum absolute atomic E-state index is 12.6. The molecule has 1 aliphatic rings. The van der Waals surface area contributed by atoms with Crippen molar-refractivity contribution in [3.63, 3.8) is 0 Å². The number of aryl methyl sites for hydroxylation is 2. The van der Waals surface area contributed by atoms with Crippen molar-refractivity contribution in [2.45, 2.75) is 38.1 Å². The fraction of sp³-hybridized carbons (Fsp3) is 0.600. The molecule has 0 unspecified atom stereocenters. The summed E-state index contributed by atoms with van der Waals surface area (Å²) in [5, 5.41) is 6.63. The van der Waals surface area contributed by atoms with E-state index in [-0.39, 0.29) is 11.4 Å². The van der Waals surface area contributed by atoms with E-state index in [1.165, 1.54) is 0 Å². The van der Waals surface area contributed by atoms with Gasteiger partial charge in [0.25, 0.3) is 0 Å². The molecular weight excluding hydrogens is 356 g/mol. The smallest absolute Gasteiger partial charge is 0.244 e. The first-order valence-corrected chi connectivity index (χ1v) is 9.94. The lowest BCUT2D eigenvalue weighted by molar-refractivity contribution is 0.577. The summed E-state index contributed by atoms with van der Waals surface area (Å²) in [5.41, 5.74) is 0.926. The van der Waals surface area contributed by atoms with E-state index in [1.807, 2.05) is 14.1 Å². The molecule has 1 fully saturated rings. The van der Waals surface area contributed by atoms with Gasteiger partial charge in [-0.25, -0.2) is 13.1 Å². The predicted molar refractivity (Wildman–Crippen MR) is 97.7 cm³/mol. The van der Waals surface area contributed by atoms with E-state index in [0.29, 0.717) is 29.1 Å². The van der Waals surface area contributed by atoms with Crippen LogP contribution in [0, 0.1) is 13.8 Å². The number of H-pyrrole nitrogens is 1. The van der Waals surface area contributed by atoms with Crippen LogP contribution in [0.1, 0.15) is 30.1 Å². The van der Waals surface area contributed by atoms with E-state index in [9.17, 15) is 8.42 Å². The quantitative estimate of drug-likeness (QED) is 0.737. The number of hydrogen-bond acceptors (Lipinski definition) is 8. The molecule has 0 atom stereocenters. The van der Waals surface area contributed by atoms with E-state index in [1.54, 1.807) is 18.7 Å². The molecule has 1 saturated heterocycles. The highest BCUT2D eigenvalue weighted by atomic mass is 32.2. The minimum atomic E-state index is -3.71. The number of nitrogens with one attached hydrogen (secondary N) is 2. The van der Waals surface area contributed by atoms with E-state index < -0.39 is 10.0 Å². The van der Waals surface area contributed by atoms with Crippen LogP contribution in [0.25, 0.3) is 0 Å². The van der Waals surface area contributed by atoms with Crippen LogP contribution in [0.4, 0.5) is 11.9 Å². The summed E-state index contributed by atoms with van der Waals surface area (Å²) in [6, 6.07) is 0. The molecule has 0 spiro atoms. The van der Waals surface area contributed by atoms with Crippen molar-refractivity contribution in [1.29, 1.82) is 0 Å². The first-order valence-electron chi connectivity index (χ1n) is 8.46. The van der Waals surface area contributed by atoms with Crippen LogP contribution in [-0.4, -0.2) is 60.8 Å². The second-order valence-corrected chi connectivity index (χ2v) is 8.23. The Kier molecular flexibility index (Phi) is 5.10. The largest absolute Gasteiger partial charge is 0.347 e. The Morgan fingerprint density at radius 3 is 2.42 bits per heavy atom. The standard InChI is InChI=1S/C15H24N8O2S/c1-10-13(11(2)21-20-10)26(24,25)16-9-12-17-14(22(3)4)19-15(18-12)23-7-5-6-8-23/h16H,5-9H2,1-4H3,(H,20,21). The highest BCUT2D eigenvalue weighted by molar-refractivity contribution is 7.89. The molecule has 0 amide bonds. The fourth-order valence-electron chi connectivity index (χ4n) is 2.90. The van der Waals surface area contributed by atoms with E-state index in [0.717, 1.165) is 25.9 Å². The van der Waals surface area contributed by atoms with Crippen molar-refractivity contribution < 1.29 is 8.42 Å². The van der Waals surface area contributed by atoms with Crippen LogP contribution in [0.15, 0.2) is 4.90 Å². The van der Waals surface area contributed by atoms with Crippen LogP contribution in [0.2, 0.25) is 0 Å². The van der Waals surface area contributed by atoms with Gasteiger partial charge >= 0.3 is 0 Å². The third-order valence-electron chi connectivity index (χ3n) is 4.20. The molecule has 2 aromatic heterocycles. The fourth-order valence-corrected chi connectivity index (χ4v) is 4.25. The van der Waals surface area contributed by atoms with Crippen molar-refractivity contribution in [2.75, 3.05) is 37.0 Å². The monoisotopic (exact) mass is 380 g/mol. The van der Waals surface area contributed by atoms with E-state index in [2.05, 4.69) is 34.8 Å². The molecule has 3 rings (SSSR count). The summed E-state index contributed by atoms with van der Waals surface area (Å²) in [7, 11) is -0.0278. The Morgan fingerprint density at radius 2 is 1.85 bits per heavy atom.